The van der Waals surface area contributed by atoms with Crippen molar-refractivity contribution < 1.29 is 0 Å². The fraction of sp³-hybridized carbons (Fsp3) is 0.125. The molecule has 100 valence electrons. The highest BCUT2D eigenvalue weighted by molar-refractivity contribution is 5.67. The Morgan fingerprint density at radius 2 is 1.90 bits per heavy atom. The molecule has 4 heteroatoms. The van der Waals surface area contributed by atoms with Gasteiger partial charge in [0.1, 0.15) is 0 Å². The van der Waals surface area contributed by atoms with E-state index in [0.717, 1.165) is 28.1 Å². The Hall–Kier alpha value is -2.62. The molecular formula is C16H15N3O. The number of hydrogen-bond acceptors (Lipinski definition) is 2. The molecule has 0 aliphatic heterocycles. The van der Waals surface area contributed by atoms with Gasteiger partial charge < -0.3 is 9.55 Å². The highest BCUT2D eigenvalue weighted by Crippen LogP contribution is 2.23. The second kappa shape index (κ2) is 4.81. The maximum atomic E-state index is 11.6. The van der Waals surface area contributed by atoms with Crippen molar-refractivity contribution in [3.05, 3.63) is 70.7 Å². The van der Waals surface area contributed by atoms with Gasteiger partial charge in [0.2, 0.25) is 0 Å². The molecule has 2 aromatic heterocycles. The minimum absolute atomic E-state index is 0.0266. The summed E-state index contributed by atoms with van der Waals surface area (Å²) in [4.78, 5) is 18.5. The molecule has 0 fully saturated rings. The standard InChI is InChI=1S/C16H15N3O/c1-11-9-15(12(2)18-16(11)20)13-3-5-14(6-4-13)19-8-7-17-10-19/h3-10H,1-2H3,(H,18,20). The molecule has 0 saturated carbocycles. The van der Waals surface area contributed by atoms with Gasteiger partial charge in [0.25, 0.3) is 5.56 Å². The molecule has 1 aromatic carbocycles. The maximum absolute atomic E-state index is 11.6. The third-order valence-electron chi connectivity index (χ3n) is 3.40. The van der Waals surface area contributed by atoms with Gasteiger partial charge in [-0.3, -0.25) is 4.79 Å². The van der Waals surface area contributed by atoms with Crippen LogP contribution in [0.5, 0.6) is 0 Å². The number of hydrogen-bond donors (Lipinski definition) is 1. The number of imidazole rings is 1. The molecule has 3 rings (SSSR count). The van der Waals surface area contributed by atoms with Crippen molar-refractivity contribution in [3.63, 3.8) is 0 Å². The number of nitrogens with zero attached hydrogens (tertiary/aromatic N) is 2. The minimum atomic E-state index is -0.0266. The predicted octanol–water partition coefficient (Wildman–Crippen LogP) is 2.84. The average Bonchev–Trinajstić information content (AvgIpc) is 2.97. The lowest BCUT2D eigenvalue weighted by Gasteiger charge is -2.08. The fourth-order valence-electron chi connectivity index (χ4n) is 2.25. The van der Waals surface area contributed by atoms with E-state index in [2.05, 4.69) is 22.1 Å². The Morgan fingerprint density at radius 3 is 2.55 bits per heavy atom. The van der Waals surface area contributed by atoms with Crippen molar-refractivity contribution in [2.24, 2.45) is 0 Å². The Balaban J connectivity index is 2.04. The van der Waals surface area contributed by atoms with Crippen LogP contribution in [0.2, 0.25) is 0 Å². The smallest absolute Gasteiger partial charge is 0.251 e. The van der Waals surface area contributed by atoms with Crippen molar-refractivity contribution in [2.45, 2.75) is 13.8 Å². The lowest BCUT2D eigenvalue weighted by Crippen LogP contribution is -2.11. The molecule has 0 bridgehead atoms. The van der Waals surface area contributed by atoms with Crippen molar-refractivity contribution in [3.8, 4) is 16.8 Å². The largest absolute Gasteiger partial charge is 0.326 e. The zero-order valence-corrected chi connectivity index (χ0v) is 11.4. The molecule has 0 aliphatic carbocycles. The summed E-state index contributed by atoms with van der Waals surface area (Å²) in [6.45, 7) is 3.74. The zero-order valence-electron chi connectivity index (χ0n) is 11.4. The average molecular weight is 265 g/mol. The van der Waals surface area contributed by atoms with Crippen LogP contribution in [0.25, 0.3) is 16.8 Å². The van der Waals surface area contributed by atoms with Crippen molar-refractivity contribution in [1.82, 2.24) is 14.5 Å². The zero-order chi connectivity index (χ0) is 14.1. The van der Waals surface area contributed by atoms with Crippen molar-refractivity contribution in [1.29, 1.82) is 0 Å². The molecule has 1 N–H and O–H groups in total. The fourth-order valence-corrected chi connectivity index (χ4v) is 2.25. The van der Waals surface area contributed by atoms with E-state index in [9.17, 15) is 4.79 Å². The Bertz CT molecular complexity index is 784. The van der Waals surface area contributed by atoms with Crippen LogP contribution >= 0.6 is 0 Å². The van der Waals surface area contributed by atoms with Gasteiger partial charge in [-0.15, -0.1) is 0 Å². The first-order valence-corrected chi connectivity index (χ1v) is 6.44. The SMILES string of the molecule is Cc1[nH]c(=O)c(C)cc1-c1ccc(-n2ccnc2)cc1. The third-order valence-corrected chi connectivity index (χ3v) is 3.40. The van der Waals surface area contributed by atoms with Gasteiger partial charge in [-0.25, -0.2) is 4.98 Å². The van der Waals surface area contributed by atoms with Crippen molar-refractivity contribution in [2.75, 3.05) is 0 Å². The molecule has 0 radical (unpaired) electrons. The molecule has 4 nitrogen and oxygen atoms in total. The summed E-state index contributed by atoms with van der Waals surface area (Å²) in [6, 6.07) is 10.1. The second-order valence-electron chi connectivity index (χ2n) is 4.84. The van der Waals surface area contributed by atoms with E-state index in [1.54, 1.807) is 12.5 Å². The van der Waals surface area contributed by atoms with Gasteiger partial charge in [0, 0.05) is 34.9 Å². The number of aromatic amines is 1. The lowest BCUT2D eigenvalue weighted by molar-refractivity contribution is 1.06. The number of benzene rings is 1. The first-order chi connectivity index (χ1) is 9.65. The van der Waals surface area contributed by atoms with E-state index in [1.165, 1.54) is 0 Å². The molecule has 0 spiro atoms. The predicted molar refractivity (Wildman–Crippen MR) is 79.1 cm³/mol. The number of H-pyrrole nitrogens is 1. The summed E-state index contributed by atoms with van der Waals surface area (Å²) >= 11 is 0. The van der Waals surface area contributed by atoms with Crippen LogP contribution in [-0.2, 0) is 0 Å². The lowest BCUT2D eigenvalue weighted by atomic mass is 10.0. The number of nitrogens with one attached hydrogen (secondary N) is 1. The molecule has 0 aliphatic rings. The first-order valence-electron chi connectivity index (χ1n) is 6.44. The van der Waals surface area contributed by atoms with Crippen LogP contribution in [0.15, 0.2) is 53.8 Å². The summed E-state index contributed by atoms with van der Waals surface area (Å²) in [5.41, 5.74) is 4.79. The Morgan fingerprint density at radius 1 is 1.15 bits per heavy atom. The van der Waals surface area contributed by atoms with E-state index in [1.807, 2.05) is 42.8 Å². The molecule has 2 heterocycles. The van der Waals surface area contributed by atoms with Crippen LogP contribution in [0.4, 0.5) is 0 Å². The number of rotatable bonds is 2. The van der Waals surface area contributed by atoms with Gasteiger partial charge >= 0.3 is 0 Å². The van der Waals surface area contributed by atoms with Gasteiger partial charge in [0.05, 0.1) is 6.33 Å². The Labute approximate surface area is 116 Å². The first kappa shape index (κ1) is 12.4. The summed E-state index contributed by atoms with van der Waals surface area (Å²) in [6.07, 6.45) is 5.43. The van der Waals surface area contributed by atoms with Crippen LogP contribution in [0.3, 0.4) is 0 Å². The molecule has 3 aromatic rings. The molecule has 0 unspecified atom stereocenters. The number of pyridine rings is 1. The maximum Gasteiger partial charge on any atom is 0.251 e. The van der Waals surface area contributed by atoms with Gasteiger partial charge in [-0.2, -0.15) is 0 Å². The summed E-state index contributed by atoms with van der Waals surface area (Å²) in [7, 11) is 0. The summed E-state index contributed by atoms with van der Waals surface area (Å²) in [5, 5.41) is 0. The molecule has 0 saturated heterocycles. The highest BCUT2D eigenvalue weighted by atomic mass is 16.1. The van der Waals surface area contributed by atoms with E-state index in [-0.39, 0.29) is 5.56 Å². The van der Waals surface area contributed by atoms with E-state index < -0.39 is 0 Å². The highest BCUT2D eigenvalue weighted by Gasteiger charge is 2.05. The monoisotopic (exact) mass is 265 g/mol. The van der Waals surface area contributed by atoms with Crippen LogP contribution in [0, 0.1) is 13.8 Å². The summed E-state index contributed by atoms with van der Waals surface area (Å²) < 4.78 is 1.95. The third kappa shape index (κ3) is 2.16. The van der Waals surface area contributed by atoms with Gasteiger partial charge in [-0.1, -0.05) is 12.1 Å². The van der Waals surface area contributed by atoms with E-state index in [0.29, 0.717) is 0 Å². The number of aromatic nitrogens is 3. The normalized spacial score (nSPS) is 10.7. The Kier molecular flexibility index (Phi) is 2.99. The van der Waals surface area contributed by atoms with Gasteiger partial charge in [-0.05, 0) is 37.6 Å². The summed E-state index contributed by atoms with van der Waals surface area (Å²) in [5.74, 6) is 0. The van der Waals surface area contributed by atoms with E-state index >= 15 is 0 Å². The molecule has 0 amide bonds. The van der Waals surface area contributed by atoms with Crippen LogP contribution < -0.4 is 5.56 Å². The topological polar surface area (TPSA) is 50.7 Å². The van der Waals surface area contributed by atoms with Crippen LogP contribution in [0.1, 0.15) is 11.3 Å². The molecular weight excluding hydrogens is 250 g/mol. The second-order valence-corrected chi connectivity index (χ2v) is 4.84. The van der Waals surface area contributed by atoms with E-state index in [4.69, 9.17) is 0 Å². The van der Waals surface area contributed by atoms with Gasteiger partial charge in [0.15, 0.2) is 0 Å². The molecule has 0 atom stereocenters. The minimum Gasteiger partial charge on any atom is -0.326 e. The number of aryl methyl sites for hydroxylation is 2. The van der Waals surface area contributed by atoms with Crippen molar-refractivity contribution >= 4 is 0 Å². The molecule has 20 heavy (non-hydrogen) atoms. The quantitative estimate of drug-likeness (QED) is 0.774. The van der Waals surface area contributed by atoms with Crippen LogP contribution in [-0.4, -0.2) is 14.5 Å².